The van der Waals surface area contributed by atoms with Crippen LogP contribution < -0.4 is 10.2 Å². The smallest absolute Gasteiger partial charge is 0.230 e. The third-order valence-corrected chi connectivity index (χ3v) is 8.96. The Morgan fingerprint density at radius 2 is 1.97 bits per heavy atom. The molecular weight excluding hydrogens is 506 g/mol. The molecule has 1 N–H and O–H groups in total. The number of anilines is 1. The number of hydrogen-bond acceptors (Lipinski definition) is 9. The molecule has 3 aromatic heterocycles. The van der Waals surface area contributed by atoms with Crippen LogP contribution in [0.5, 0.6) is 0 Å². The highest BCUT2D eigenvalue weighted by atomic mass is 32.2. The van der Waals surface area contributed by atoms with Gasteiger partial charge in [0.2, 0.25) is 5.91 Å². The van der Waals surface area contributed by atoms with Gasteiger partial charge >= 0.3 is 0 Å². The normalized spacial score (nSPS) is 17.2. The summed E-state index contributed by atoms with van der Waals surface area (Å²) in [6, 6.07) is 9.92. The van der Waals surface area contributed by atoms with Crippen LogP contribution in [0.1, 0.15) is 30.5 Å². The molecule has 0 radical (unpaired) electrons. The van der Waals surface area contributed by atoms with Crippen molar-refractivity contribution in [3.8, 4) is 0 Å². The number of rotatable bonds is 6. The average molecular weight is 536 g/mol. The molecule has 0 unspecified atom stereocenters. The summed E-state index contributed by atoms with van der Waals surface area (Å²) >= 11 is 3.06. The van der Waals surface area contributed by atoms with Crippen molar-refractivity contribution in [3.05, 3.63) is 53.3 Å². The summed E-state index contributed by atoms with van der Waals surface area (Å²) in [6.45, 7) is 8.35. The van der Waals surface area contributed by atoms with Crippen molar-refractivity contribution >= 4 is 55.3 Å². The third-order valence-electron chi connectivity index (χ3n) is 6.76. The lowest BCUT2D eigenvalue weighted by Gasteiger charge is -2.36. The van der Waals surface area contributed by atoms with Crippen LogP contribution >= 0.6 is 23.1 Å². The van der Waals surface area contributed by atoms with Gasteiger partial charge in [-0.2, -0.15) is 0 Å². The summed E-state index contributed by atoms with van der Waals surface area (Å²) in [7, 11) is 0. The van der Waals surface area contributed by atoms with Gasteiger partial charge in [0.25, 0.3) is 0 Å². The summed E-state index contributed by atoms with van der Waals surface area (Å²) < 4.78 is 12.8. The fraction of sp³-hybridized carbons (Fsp3) is 0.407. The number of nitrogens with one attached hydrogen (secondary N) is 1. The molecule has 6 rings (SSSR count). The number of thioether (sulfide) groups is 1. The predicted octanol–water partition coefficient (Wildman–Crippen LogP) is 4.34. The third kappa shape index (κ3) is 5.03. The number of pyridine rings is 1. The van der Waals surface area contributed by atoms with Crippen molar-refractivity contribution in [1.29, 1.82) is 0 Å². The lowest BCUT2D eigenvalue weighted by molar-refractivity contribution is -0.118. The van der Waals surface area contributed by atoms with Crippen molar-refractivity contribution < 1.29 is 14.3 Å². The Bertz CT molecular complexity index is 1450. The molecule has 8 nitrogen and oxygen atoms in total. The fourth-order valence-corrected chi connectivity index (χ4v) is 6.95. The summed E-state index contributed by atoms with van der Waals surface area (Å²) in [4.78, 5) is 30.2. The number of carbonyl (C=O) groups is 1. The number of thiophene rings is 1. The molecule has 0 bridgehead atoms. The van der Waals surface area contributed by atoms with Gasteiger partial charge in [-0.1, -0.05) is 42.1 Å². The first-order valence-corrected chi connectivity index (χ1v) is 14.3. The Morgan fingerprint density at radius 3 is 2.78 bits per heavy atom. The zero-order valence-electron chi connectivity index (χ0n) is 21.0. The van der Waals surface area contributed by atoms with Gasteiger partial charge in [0.1, 0.15) is 22.0 Å². The average Bonchev–Trinajstić information content (AvgIpc) is 3.30. The number of aromatic nitrogens is 3. The molecule has 0 aliphatic carbocycles. The molecule has 0 saturated carbocycles. The Balaban J connectivity index is 1.33. The zero-order chi connectivity index (χ0) is 25.4. The SMILES string of the molecule is CC1(C)Cc2c(c(N3CCOCC3)nc3sc4c(SCC(=O)NCc5ccccc5)ncnc4c23)CO1. The molecular formula is C27H29N5O3S2. The Morgan fingerprint density at radius 1 is 1.16 bits per heavy atom. The van der Waals surface area contributed by atoms with Gasteiger partial charge in [-0.15, -0.1) is 11.3 Å². The minimum atomic E-state index is -0.265. The molecule has 1 saturated heterocycles. The lowest BCUT2D eigenvalue weighted by atomic mass is 9.90. The van der Waals surface area contributed by atoms with Crippen LogP contribution in [0.15, 0.2) is 41.7 Å². The van der Waals surface area contributed by atoms with Crippen molar-refractivity contribution in [3.63, 3.8) is 0 Å². The number of hydrogen-bond donors (Lipinski definition) is 1. The van der Waals surface area contributed by atoms with Gasteiger partial charge in [0, 0.05) is 37.0 Å². The van der Waals surface area contributed by atoms with E-state index in [0.717, 1.165) is 61.9 Å². The molecule has 2 aliphatic rings. The number of nitrogens with zero attached hydrogens (tertiary/aromatic N) is 4. The van der Waals surface area contributed by atoms with Crippen LogP contribution in [-0.4, -0.2) is 58.5 Å². The van der Waals surface area contributed by atoms with Crippen molar-refractivity contribution in [2.75, 3.05) is 37.0 Å². The van der Waals surface area contributed by atoms with Gasteiger partial charge < -0.3 is 19.7 Å². The summed E-state index contributed by atoms with van der Waals surface area (Å²) in [5, 5.41) is 4.91. The maximum atomic E-state index is 12.6. The quantitative estimate of drug-likeness (QED) is 0.288. The number of morpholine rings is 1. The van der Waals surface area contributed by atoms with E-state index < -0.39 is 0 Å². The first-order valence-electron chi connectivity index (χ1n) is 12.5. The Hall–Kier alpha value is -2.79. The first-order chi connectivity index (χ1) is 18.0. The second-order valence-electron chi connectivity index (χ2n) is 9.91. The summed E-state index contributed by atoms with van der Waals surface area (Å²) in [6.07, 6.45) is 2.39. The van der Waals surface area contributed by atoms with E-state index in [1.165, 1.54) is 17.3 Å². The van der Waals surface area contributed by atoms with Crippen LogP contribution in [0, 0.1) is 0 Å². The van der Waals surface area contributed by atoms with E-state index in [0.29, 0.717) is 32.1 Å². The fourth-order valence-electron chi connectivity index (χ4n) is 4.89. The standard InChI is InChI=1S/C27H29N5O3S2/c1-27(2)12-18-19(14-35-27)24(32-8-10-34-11-9-32)31-25-21(18)22-23(37-25)26(30-16-29-22)36-15-20(33)28-13-17-6-4-3-5-7-17/h3-7,16H,8-15H2,1-2H3,(H,28,33). The van der Waals surface area contributed by atoms with E-state index in [-0.39, 0.29) is 11.5 Å². The molecule has 192 valence electrons. The second-order valence-corrected chi connectivity index (χ2v) is 11.9. The van der Waals surface area contributed by atoms with Gasteiger partial charge in [0.05, 0.1) is 41.4 Å². The molecule has 4 aromatic rings. The number of benzene rings is 1. The van der Waals surface area contributed by atoms with Crippen LogP contribution in [0.25, 0.3) is 20.4 Å². The van der Waals surface area contributed by atoms with Gasteiger partial charge in [-0.25, -0.2) is 15.0 Å². The van der Waals surface area contributed by atoms with Gasteiger partial charge in [-0.3, -0.25) is 4.79 Å². The van der Waals surface area contributed by atoms with Crippen LogP contribution in [-0.2, 0) is 33.8 Å². The minimum Gasteiger partial charge on any atom is -0.378 e. The predicted molar refractivity (Wildman–Crippen MR) is 147 cm³/mol. The molecule has 0 atom stereocenters. The van der Waals surface area contributed by atoms with E-state index in [1.54, 1.807) is 17.7 Å². The van der Waals surface area contributed by atoms with Crippen LogP contribution in [0.2, 0.25) is 0 Å². The maximum Gasteiger partial charge on any atom is 0.230 e. The van der Waals surface area contributed by atoms with Crippen LogP contribution in [0.3, 0.4) is 0 Å². The number of amides is 1. The molecule has 37 heavy (non-hydrogen) atoms. The monoisotopic (exact) mass is 535 g/mol. The molecule has 1 amide bonds. The van der Waals surface area contributed by atoms with E-state index in [1.807, 2.05) is 30.3 Å². The van der Waals surface area contributed by atoms with E-state index >= 15 is 0 Å². The first kappa shape index (κ1) is 24.5. The maximum absolute atomic E-state index is 12.6. The zero-order valence-corrected chi connectivity index (χ0v) is 22.6. The molecule has 1 aromatic carbocycles. The summed E-state index contributed by atoms with van der Waals surface area (Å²) in [5.74, 6) is 1.26. The van der Waals surface area contributed by atoms with E-state index in [2.05, 4.69) is 29.0 Å². The molecule has 2 aliphatic heterocycles. The highest BCUT2D eigenvalue weighted by molar-refractivity contribution is 8.00. The van der Waals surface area contributed by atoms with Gasteiger partial charge in [-0.05, 0) is 25.0 Å². The summed E-state index contributed by atoms with van der Waals surface area (Å²) in [5.41, 5.74) is 4.15. The van der Waals surface area contributed by atoms with Crippen molar-refractivity contribution in [2.45, 2.75) is 44.0 Å². The Labute approximate surface area is 223 Å². The molecule has 0 spiro atoms. The molecule has 5 heterocycles. The topological polar surface area (TPSA) is 89.5 Å². The number of ether oxygens (including phenoxy) is 2. The van der Waals surface area contributed by atoms with Crippen molar-refractivity contribution in [2.24, 2.45) is 0 Å². The lowest BCUT2D eigenvalue weighted by Crippen LogP contribution is -2.39. The largest absolute Gasteiger partial charge is 0.378 e. The Kier molecular flexibility index (Phi) is 6.74. The number of carbonyl (C=O) groups excluding carboxylic acids is 1. The van der Waals surface area contributed by atoms with E-state index in [4.69, 9.17) is 19.4 Å². The highest BCUT2D eigenvalue weighted by Gasteiger charge is 2.33. The molecule has 10 heteroatoms. The molecule has 1 fully saturated rings. The highest BCUT2D eigenvalue weighted by Crippen LogP contribution is 2.44. The van der Waals surface area contributed by atoms with E-state index in [9.17, 15) is 4.79 Å². The number of fused-ring (bicyclic) bond motifs is 5. The minimum absolute atomic E-state index is 0.0225. The van der Waals surface area contributed by atoms with Gasteiger partial charge in [0.15, 0.2) is 0 Å². The van der Waals surface area contributed by atoms with Crippen molar-refractivity contribution in [1.82, 2.24) is 20.3 Å². The second kappa shape index (κ2) is 10.2. The van der Waals surface area contributed by atoms with Crippen LogP contribution in [0.4, 0.5) is 5.82 Å².